The Bertz CT molecular complexity index is 1400. The van der Waals surface area contributed by atoms with Crippen molar-refractivity contribution >= 4 is 67.4 Å². The number of benzene rings is 1. The van der Waals surface area contributed by atoms with Gasteiger partial charge in [-0.25, -0.2) is 9.59 Å². The molecule has 0 atom stereocenters. The van der Waals surface area contributed by atoms with Crippen molar-refractivity contribution < 1.29 is 23.9 Å². The quantitative estimate of drug-likeness (QED) is 0.285. The van der Waals surface area contributed by atoms with Crippen molar-refractivity contribution in [3.63, 3.8) is 0 Å². The smallest absolute Gasteiger partial charge is 0.348 e. The van der Waals surface area contributed by atoms with Crippen LogP contribution in [0.5, 0.6) is 0 Å². The van der Waals surface area contributed by atoms with Crippen molar-refractivity contribution in [2.75, 3.05) is 25.3 Å². The maximum Gasteiger partial charge on any atom is 0.348 e. The summed E-state index contributed by atoms with van der Waals surface area (Å²) >= 11 is 3.82. The molecule has 0 saturated carbocycles. The lowest BCUT2D eigenvalue weighted by Gasteiger charge is -2.06. The molecular formula is C22H20N4O5S3. The average molecular weight is 517 g/mol. The van der Waals surface area contributed by atoms with Gasteiger partial charge in [-0.15, -0.1) is 32.9 Å². The molecule has 0 saturated heterocycles. The number of nitrogens with zero attached hydrogens (tertiary/aromatic N) is 3. The monoisotopic (exact) mass is 516 g/mol. The van der Waals surface area contributed by atoms with Gasteiger partial charge in [-0.1, -0.05) is 30.0 Å². The maximum atomic E-state index is 12.7. The van der Waals surface area contributed by atoms with Crippen LogP contribution in [-0.4, -0.2) is 52.6 Å². The van der Waals surface area contributed by atoms with Crippen LogP contribution in [0.15, 0.2) is 34.8 Å². The first-order valence-corrected chi connectivity index (χ1v) is 12.6. The molecule has 0 aliphatic carbocycles. The fourth-order valence-corrected chi connectivity index (χ4v) is 6.14. The molecule has 1 amide bonds. The minimum absolute atomic E-state index is 0.0292. The van der Waals surface area contributed by atoms with Gasteiger partial charge in [0, 0.05) is 28.1 Å². The molecule has 0 unspecified atom stereocenters. The molecular weight excluding hydrogens is 496 g/mol. The highest BCUT2D eigenvalue weighted by Crippen LogP contribution is 2.35. The Morgan fingerprint density at radius 1 is 1.12 bits per heavy atom. The molecule has 1 aromatic carbocycles. The Morgan fingerprint density at radius 3 is 2.59 bits per heavy atom. The third kappa shape index (κ3) is 4.43. The summed E-state index contributed by atoms with van der Waals surface area (Å²) in [5.41, 5.74) is 1.52. The van der Waals surface area contributed by atoms with Crippen LogP contribution >= 0.6 is 34.4 Å². The topological polar surface area (TPSA) is 112 Å². The number of thiophene rings is 2. The van der Waals surface area contributed by atoms with Crippen molar-refractivity contribution in [1.82, 2.24) is 14.8 Å². The molecule has 0 bridgehead atoms. The molecule has 0 aliphatic heterocycles. The number of amides is 1. The molecule has 0 radical (unpaired) electrons. The predicted octanol–water partition coefficient (Wildman–Crippen LogP) is 4.37. The van der Waals surface area contributed by atoms with E-state index in [4.69, 9.17) is 9.47 Å². The normalized spacial score (nSPS) is 10.9. The first-order chi connectivity index (χ1) is 16.3. The number of methoxy groups -OCH3 is 2. The van der Waals surface area contributed by atoms with Gasteiger partial charge in [-0.2, -0.15) is 0 Å². The minimum Gasteiger partial charge on any atom is -0.465 e. The largest absolute Gasteiger partial charge is 0.465 e. The highest BCUT2D eigenvalue weighted by Gasteiger charge is 2.27. The van der Waals surface area contributed by atoms with Crippen molar-refractivity contribution in [3.8, 4) is 11.4 Å². The second-order valence-electron chi connectivity index (χ2n) is 7.09. The lowest BCUT2D eigenvalue weighted by molar-refractivity contribution is -0.113. The fraction of sp³-hybridized carbons (Fsp3) is 0.227. The number of anilines is 1. The molecule has 4 aromatic rings. The number of fused-ring (bicyclic) bond motifs is 1. The van der Waals surface area contributed by atoms with Gasteiger partial charge in [0.2, 0.25) is 5.91 Å². The van der Waals surface area contributed by atoms with E-state index in [-0.39, 0.29) is 27.1 Å². The van der Waals surface area contributed by atoms with Crippen LogP contribution in [0.2, 0.25) is 0 Å². The van der Waals surface area contributed by atoms with E-state index in [2.05, 4.69) is 21.6 Å². The van der Waals surface area contributed by atoms with Crippen molar-refractivity contribution in [3.05, 3.63) is 45.6 Å². The predicted molar refractivity (Wildman–Crippen MR) is 133 cm³/mol. The molecule has 0 aliphatic rings. The van der Waals surface area contributed by atoms with Crippen LogP contribution in [0.25, 0.3) is 21.5 Å². The van der Waals surface area contributed by atoms with E-state index in [1.165, 1.54) is 26.0 Å². The van der Waals surface area contributed by atoms with E-state index in [9.17, 15) is 14.4 Å². The molecule has 34 heavy (non-hydrogen) atoms. The van der Waals surface area contributed by atoms with Gasteiger partial charge in [-0.3, -0.25) is 4.79 Å². The van der Waals surface area contributed by atoms with Crippen molar-refractivity contribution in [1.29, 1.82) is 0 Å². The van der Waals surface area contributed by atoms with Gasteiger partial charge in [0.1, 0.15) is 9.88 Å². The van der Waals surface area contributed by atoms with Gasteiger partial charge in [0.15, 0.2) is 11.0 Å². The van der Waals surface area contributed by atoms with Crippen LogP contribution in [0, 0.1) is 6.92 Å². The van der Waals surface area contributed by atoms with E-state index < -0.39 is 11.9 Å². The Hall–Kier alpha value is -3.22. The number of aromatic nitrogens is 3. The third-order valence-corrected chi connectivity index (χ3v) is 8.22. The Morgan fingerprint density at radius 2 is 1.85 bits per heavy atom. The van der Waals surface area contributed by atoms with Crippen LogP contribution in [-0.2, 0) is 21.3 Å². The maximum absolute atomic E-state index is 12.7. The first kappa shape index (κ1) is 23.9. The highest BCUT2D eigenvalue weighted by atomic mass is 32.2. The Balaban J connectivity index is 1.50. The molecule has 9 nitrogen and oxygen atoms in total. The second kappa shape index (κ2) is 9.95. The van der Waals surface area contributed by atoms with Gasteiger partial charge >= 0.3 is 11.9 Å². The van der Waals surface area contributed by atoms with Crippen LogP contribution < -0.4 is 5.32 Å². The zero-order chi connectivity index (χ0) is 24.4. The van der Waals surface area contributed by atoms with Crippen LogP contribution in [0.3, 0.4) is 0 Å². The summed E-state index contributed by atoms with van der Waals surface area (Å²) < 4.78 is 12.6. The highest BCUT2D eigenvalue weighted by molar-refractivity contribution is 7.99. The van der Waals surface area contributed by atoms with Crippen molar-refractivity contribution in [2.45, 2.75) is 12.1 Å². The van der Waals surface area contributed by atoms with E-state index in [1.807, 2.05) is 35.2 Å². The standard InChI is InChI=1S/C22H20N4O5S3/c1-11-16(20(28)30-3)19(34-17(11)21(29)31-4)23-15(27)10-33-22-25-24-18(26(22)2)13-9-32-14-8-6-5-7-12(13)14/h5-9H,10H2,1-4H3,(H,23,27). The Kier molecular flexibility index (Phi) is 7.00. The molecule has 12 heteroatoms. The zero-order valence-electron chi connectivity index (χ0n) is 18.7. The minimum atomic E-state index is -0.646. The zero-order valence-corrected chi connectivity index (χ0v) is 21.2. The number of carbonyl (C=O) groups excluding carboxylic acids is 3. The lowest BCUT2D eigenvalue weighted by Crippen LogP contribution is -2.16. The lowest BCUT2D eigenvalue weighted by atomic mass is 10.1. The van der Waals surface area contributed by atoms with Gasteiger partial charge in [0.05, 0.1) is 25.5 Å². The summed E-state index contributed by atoms with van der Waals surface area (Å²) in [5.74, 6) is -0.854. The molecule has 3 aromatic heterocycles. The molecule has 176 valence electrons. The molecule has 0 spiro atoms. The van der Waals surface area contributed by atoms with E-state index in [0.717, 1.165) is 27.0 Å². The number of hydrogen-bond donors (Lipinski definition) is 1. The summed E-state index contributed by atoms with van der Waals surface area (Å²) in [4.78, 5) is 37.2. The van der Waals surface area contributed by atoms with Gasteiger partial charge in [0.25, 0.3) is 0 Å². The number of thioether (sulfide) groups is 1. The molecule has 0 fully saturated rings. The number of nitrogens with one attached hydrogen (secondary N) is 1. The molecule has 4 rings (SSSR count). The van der Waals surface area contributed by atoms with Gasteiger partial charge in [-0.05, 0) is 18.6 Å². The van der Waals surface area contributed by atoms with Gasteiger partial charge < -0.3 is 19.4 Å². The molecule has 1 N–H and O–H groups in total. The summed E-state index contributed by atoms with van der Waals surface area (Å²) in [6, 6.07) is 8.07. The summed E-state index contributed by atoms with van der Waals surface area (Å²) in [6.07, 6.45) is 0. The summed E-state index contributed by atoms with van der Waals surface area (Å²) in [6.45, 7) is 1.61. The van der Waals surface area contributed by atoms with E-state index in [1.54, 1.807) is 18.3 Å². The number of carbonyl (C=O) groups is 3. The van der Waals surface area contributed by atoms with Crippen LogP contribution in [0.1, 0.15) is 25.6 Å². The van der Waals surface area contributed by atoms with E-state index in [0.29, 0.717) is 16.5 Å². The van der Waals surface area contributed by atoms with E-state index >= 15 is 0 Å². The number of rotatable bonds is 7. The Labute approximate surface area is 207 Å². The third-order valence-electron chi connectivity index (χ3n) is 5.05. The SMILES string of the molecule is COC(=O)c1sc(NC(=O)CSc2nnc(-c3csc4ccccc34)n2C)c(C(=O)OC)c1C. The number of hydrogen-bond acceptors (Lipinski definition) is 10. The molecule has 3 heterocycles. The second-order valence-corrected chi connectivity index (χ2v) is 9.97. The van der Waals surface area contributed by atoms with Crippen molar-refractivity contribution in [2.24, 2.45) is 7.05 Å². The van der Waals surface area contributed by atoms with Crippen LogP contribution in [0.4, 0.5) is 5.00 Å². The number of ether oxygens (including phenoxy) is 2. The average Bonchev–Trinajstić information content (AvgIpc) is 3.51. The summed E-state index contributed by atoms with van der Waals surface area (Å²) in [5, 5.41) is 15.2. The number of esters is 2. The fourth-order valence-electron chi connectivity index (χ4n) is 3.36. The first-order valence-electron chi connectivity index (χ1n) is 9.94. The summed E-state index contributed by atoms with van der Waals surface area (Å²) in [7, 11) is 4.34.